The molecule has 2 saturated carbocycles. The Morgan fingerprint density at radius 3 is 2.67 bits per heavy atom. The minimum atomic E-state index is -2.87. The van der Waals surface area contributed by atoms with E-state index in [1.54, 1.807) is 0 Å². The maximum Gasteiger partial charge on any atom is 0.169 e. The standard InChI is InChI=1S/C12H18N2O2S2/c15-18(16)5-9-11(6-18)14(12(17)13-9)10-4-7-1-2-8(10)3-7/h7-11H,1-6H2,(H,13,17)/t7-,8+,9+,10+,11-/m1/s1. The maximum atomic E-state index is 11.8. The Morgan fingerprint density at radius 2 is 2.00 bits per heavy atom. The van der Waals surface area contributed by atoms with E-state index in [9.17, 15) is 8.42 Å². The molecule has 0 spiro atoms. The second-order valence-electron chi connectivity index (χ2n) is 6.35. The Hall–Kier alpha value is -0.360. The largest absolute Gasteiger partial charge is 0.357 e. The number of hydrogen-bond donors (Lipinski definition) is 1. The Kier molecular flexibility index (Phi) is 2.29. The first kappa shape index (κ1) is 11.5. The van der Waals surface area contributed by atoms with Gasteiger partial charge in [0.1, 0.15) is 0 Å². The van der Waals surface area contributed by atoms with Gasteiger partial charge in [0.05, 0.1) is 23.6 Å². The van der Waals surface area contributed by atoms with Crippen LogP contribution in [0.1, 0.15) is 25.7 Å². The summed E-state index contributed by atoms with van der Waals surface area (Å²) in [6, 6.07) is 0.653. The van der Waals surface area contributed by atoms with Gasteiger partial charge in [-0.15, -0.1) is 0 Å². The zero-order valence-electron chi connectivity index (χ0n) is 10.2. The summed E-state index contributed by atoms with van der Waals surface area (Å²) in [5.74, 6) is 2.16. The van der Waals surface area contributed by atoms with Crippen molar-refractivity contribution in [3.8, 4) is 0 Å². The SMILES string of the molecule is O=S1(=O)C[C@@H]2NC(=S)N([C@H]3C[C@@H]4CC[C@H]3C4)[C@@H]2C1. The zero-order valence-corrected chi connectivity index (χ0v) is 11.8. The molecule has 2 bridgehead atoms. The first-order chi connectivity index (χ1) is 8.53. The monoisotopic (exact) mass is 286 g/mol. The number of fused-ring (bicyclic) bond motifs is 3. The van der Waals surface area contributed by atoms with Crippen LogP contribution in [0.3, 0.4) is 0 Å². The van der Waals surface area contributed by atoms with Crippen LogP contribution in [0.25, 0.3) is 0 Å². The van der Waals surface area contributed by atoms with E-state index in [-0.39, 0.29) is 17.8 Å². The highest BCUT2D eigenvalue weighted by Gasteiger charge is 2.53. The van der Waals surface area contributed by atoms with Crippen LogP contribution in [0.2, 0.25) is 0 Å². The van der Waals surface area contributed by atoms with Gasteiger partial charge in [-0.05, 0) is 43.3 Å². The first-order valence-corrected chi connectivity index (χ1v) is 9.06. The second kappa shape index (κ2) is 3.60. The molecule has 0 aromatic rings. The van der Waals surface area contributed by atoms with Crippen LogP contribution in [0, 0.1) is 11.8 Å². The van der Waals surface area contributed by atoms with Crippen molar-refractivity contribution >= 4 is 27.2 Å². The van der Waals surface area contributed by atoms with E-state index < -0.39 is 9.84 Å². The van der Waals surface area contributed by atoms with Crippen LogP contribution in [-0.4, -0.2) is 48.1 Å². The third-order valence-electron chi connectivity index (χ3n) is 5.28. The Labute approximate surface area is 113 Å². The molecule has 4 aliphatic rings. The summed E-state index contributed by atoms with van der Waals surface area (Å²) < 4.78 is 23.5. The minimum absolute atomic E-state index is 0.0432. The second-order valence-corrected chi connectivity index (χ2v) is 8.89. The molecule has 4 rings (SSSR count). The number of nitrogens with zero attached hydrogens (tertiary/aromatic N) is 1. The molecule has 6 heteroatoms. The van der Waals surface area contributed by atoms with E-state index >= 15 is 0 Å². The van der Waals surface area contributed by atoms with Crippen molar-refractivity contribution < 1.29 is 8.42 Å². The highest BCUT2D eigenvalue weighted by atomic mass is 32.2. The highest BCUT2D eigenvalue weighted by molar-refractivity contribution is 7.91. The predicted octanol–water partition coefficient (Wildman–Crippen LogP) is 0.531. The molecule has 4 fully saturated rings. The molecule has 2 aliphatic carbocycles. The van der Waals surface area contributed by atoms with E-state index in [0.29, 0.717) is 11.8 Å². The number of thiocarbonyl (C=S) groups is 1. The summed E-state index contributed by atoms with van der Waals surface area (Å²) in [4.78, 5) is 2.26. The van der Waals surface area contributed by atoms with E-state index in [1.165, 1.54) is 25.7 Å². The summed E-state index contributed by atoms with van der Waals surface area (Å²) >= 11 is 5.44. The van der Waals surface area contributed by atoms with E-state index in [0.717, 1.165) is 16.9 Å². The molecule has 2 aliphatic heterocycles. The number of nitrogens with one attached hydrogen (secondary N) is 1. The van der Waals surface area contributed by atoms with Crippen molar-refractivity contribution in [3.63, 3.8) is 0 Å². The molecular weight excluding hydrogens is 268 g/mol. The molecule has 0 aromatic heterocycles. The van der Waals surface area contributed by atoms with Crippen molar-refractivity contribution in [1.29, 1.82) is 0 Å². The van der Waals surface area contributed by atoms with Crippen molar-refractivity contribution in [1.82, 2.24) is 10.2 Å². The third-order valence-corrected chi connectivity index (χ3v) is 7.33. The smallest absolute Gasteiger partial charge is 0.169 e. The fourth-order valence-corrected chi connectivity index (χ4v) is 6.90. The molecule has 0 radical (unpaired) electrons. The summed E-state index contributed by atoms with van der Waals surface area (Å²) in [6.45, 7) is 0. The molecule has 5 atom stereocenters. The summed E-state index contributed by atoms with van der Waals surface area (Å²) in [7, 11) is -2.87. The Bertz CT molecular complexity index is 504. The summed E-state index contributed by atoms with van der Waals surface area (Å²) in [5.41, 5.74) is 0. The van der Waals surface area contributed by atoms with E-state index in [2.05, 4.69) is 10.2 Å². The van der Waals surface area contributed by atoms with Crippen LogP contribution in [0.4, 0.5) is 0 Å². The summed E-state index contributed by atoms with van der Waals surface area (Å²) in [5, 5.41) is 4.04. The number of rotatable bonds is 1. The fourth-order valence-electron chi connectivity index (χ4n) is 4.57. The minimum Gasteiger partial charge on any atom is -0.357 e. The number of sulfone groups is 1. The lowest BCUT2D eigenvalue weighted by Gasteiger charge is -2.35. The van der Waals surface area contributed by atoms with Crippen molar-refractivity contribution in [3.05, 3.63) is 0 Å². The lowest BCUT2D eigenvalue weighted by Crippen LogP contribution is -2.46. The van der Waals surface area contributed by atoms with Crippen molar-refractivity contribution in [2.75, 3.05) is 11.5 Å². The van der Waals surface area contributed by atoms with Gasteiger partial charge in [-0.3, -0.25) is 0 Å². The normalized spacial score (nSPS) is 48.6. The summed E-state index contributed by atoms with van der Waals surface area (Å²) in [6.07, 6.45) is 5.21. The van der Waals surface area contributed by atoms with Gasteiger partial charge < -0.3 is 10.2 Å². The molecule has 0 aromatic carbocycles. The van der Waals surface area contributed by atoms with Gasteiger partial charge in [-0.1, -0.05) is 6.42 Å². The molecule has 2 saturated heterocycles. The Balaban J connectivity index is 1.62. The molecule has 100 valence electrons. The Morgan fingerprint density at radius 1 is 1.17 bits per heavy atom. The van der Waals surface area contributed by atoms with Gasteiger partial charge in [0.25, 0.3) is 0 Å². The molecule has 0 unspecified atom stereocenters. The van der Waals surface area contributed by atoms with Crippen LogP contribution in [-0.2, 0) is 9.84 Å². The molecule has 4 nitrogen and oxygen atoms in total. The molecule has 18 heavy (non-hydrogen) atoms. The van der Waals surface area contributed by atoms with Gasteiger partial charge in [-0.25, -0.2) is 8.42 Å². The fraction of sp³-hybridized carbons (Fsp3) is 0.917. The molecule has 2 heterocycles. The predicted molar refractivity (Wildman–Crippen MR) is 73.0 cm³/mol. The average molecular weight is 286 g/mol. The third kappa shape index (κ3) is 1.54. The van der Waals surface area contributed by atoms with Gasteiger partial charge >= 0.3 is 0 Å². The van der Waals surface area contributed by atoms with Crippen molar-refractivity contribution in [2.45, 2.75) is 43.8 Å². The van der Waals surface area contributed by atoms with Crippen LogP contribution >= 0.6 is 12.2 Å². The lowest BCUT2D eigenvalue weighted by atomic mass is 9.93. The van der Waals surface area contributed by atoms with Gasteiger partial charge in [0.15, 0.2) is 14.9 Å². The maximum absolute atomic E-state index is 11.8. The number of hydrogen-bond acceptors (Lipinski definition) is 3. The average Bonchev–Trinajstić information content (AvgIpc) is 2.96. The van der Waals surface area contributed by atoms with Gasteiger partial charge in [-0.2, -0.15) is 0 Å². The molecule has 1 N–H and O–H groups in total. The van der Waals surface area contributed by atoms with Gasteiger partial charge in [0.2, 0.25) is 0 Å². The highest BCUT2D eigenvalue weighted by Crippen LogP contribution is 2.48. The van der Waals surface area contributed by atoms with Crippen LogP contribution in [0.5, 0.6) is 0 Å². The van der Waals surface area contributed by atoms with E-state index in [1.807, 2.05) is 0 Å². The molecular formula is C12H18N2O2S2. The first-order valence-electron chi connectivity index (χ1n) is 6.83. The van der Waals surface area contributed by atoms with Crippen molar-refractivity contribution in [2.24, 2.45) is 11.8 Å². The topological polar surface area (TPSA) is 49.4 Å². The zero-order chi connectivity index (χ0) is 12.5. The van der Waals surface area contributed by atoms with Gasteiger partial charge in [0, 0.05) is 6.04 Å². The van der Waals surface area contributed by atoms with E-state index in [4.69, 9.17) is 12.2 Å². The lowest BCUT2D eigenvalue weighted by molar-refractivity contribution is 0.200. The van der Waals surface area contributed by atoms with Crippen LogP contribution in [0.15, 0.2) is 0 Å². The molecule has 0 amide bonds. The quantitative estimate of drug-likeness (QED) is 0.713. The van der Waals surface area contributed by atoms with Crippen LogP contribution < -0.4 is 5.32 Å².